The number of ketones is 2. The molecular weight excluding hydrogens is 422 g/mol. The molecule has 0 radical (unpaired) electrons. The van der Waals surface area contributed by atoms with Crippen LogP contribution in [0.25, 0.3) is 0 Å². The lowest BCUT2D eigenvalue weighted by molar-refractivity contribution is -0.131. The van der Waals surface area contributed by atoms with Crippen LogP contribution >= 0.6 is 0 Å². The van der Waals surface area contributed by atoms with Crippen LogP contribution in [0.3, 0.4) is 0 Å². The van der Waals surface area contributed by atoms with Crippen molar-refractivity contribution in [1.82, 2.24) is 4.72 Å². The molecule has 0 aliphatic heterocycles. The van der Waals surface area contributed by atoms with Crippen LogP contribution in [0, 0.1) is 35.5 Å². The summed E-state index contributed by atoms with van der Waals surface area (Å²) in [7, 11) is -3.75. The van der Waals surface area contributed by atoms with Gasteiger partial charge in [-0.2, -0.15) is 0 Å². The van der Waals surface area contributed by atoms with E-state index in [1.165, 1.54) is 0 Å². The summed E-state index contributed by atoms with van der Waals surface area (Å²) >= 11 is 0. The summed E-state index contributed by atoms with van der Waals surface area (Å²) in [6.45, 7) is 6.18. The van der Waals surface area contributed by atoms with Gasteiger partial charge < -0.3 is 0 Å². The van der Waals surface area contributed by atoms with E-state index in [9.17, 15) is 18.0 Å². The highest BCUT2D eigenvalue weighted by molar-refractivity contribution is 7.89. The van der Waals surface area contributed by atoms with Gasteiger partial charge in [-0.05, 0) is 80.2 Å². The molecule has 0 bridgehead atoms. The molecule has 1 aromatic carbocycles. The molecular formula is C26H31NO4S. The lowest BCUT2D eigenvalue weighted by Gasteiger charge is -2.57. The van der Waals surface area contributed by atoms with E-state index in [0.717, 1.165) is 30.4 Å². The van der Waals surface area contributed by atoms with Gasteiger partial charge in [-0.1, -0.05) is 37.6 Å². The van der Waals surface area contributed by atoms with Crippen molar-refractivity contribution in [2.24, 2.45) is 28.6 Å². The Morgan fingerprint density at radius 1 is 1.03 bits per heavy atom. The maximum Gasteiger partial charge on any atom is 0.241 e. The Balaban J connectivity index is 1.54. The number of aryl methyl sites for hydroxylation is 1. The minimum Gasteiger partial charge on any atom is -0.299 e. The Morgan fingerprint density at radius 2 is 1.75 bits per heavy atom. The molecule has 4 aliphatic rings. The van der Waals surface area contributed by atoms with E-state index >= 15 is 0 Å². The normalized spacial score (nSPS) is 38.7. The van der Waals surface area contributed by atoms with Crippen molar-refractivity contribution in [1.29, 1.82) is 0 Å². The highest BCUT2D eigenvalue weighted by atomic mass is 32.2. The average Bonchev–Trinajstić information content (AvgIpc) is 3.04. The smallest absolute Gasteiger partial charge is 0.241 e. The van der Waals surface area contributed by atoms with Crippen LogP contribution in [-0.2, 0) is 19.6 Å². The number of benzene rings is 1. The van der Waals surface area contributed by atoms with Gasteiger partial charge in [-0.15, -0.1) is 0 Å². The van der Waals surface area contributed by atoms with E-state index < -0.39 is 16.1 Å². The minimum absolute atomic E-state index is 0.0906. The molecule has 3 saturated carbocycles. The summed E-state index contributed by atoms with van der Waals surface area (Å²) in [5, 5.41) is 0. The highest BCUT2D eigenvalue weighted by Crippen LogP contribution is 2.63. The third kappa shape index (κ3) is 3.18. The van der Waals surface area contributed by atoms with Crippen molar-refractivity contribution in [3.8, 4) is 0 Å². The number of carbonyl (C=O) groups excluding carboxylic acids is 2. The number of carbonyl (C=O) groups is 2. The second-order valence-electron chi connectivity index (χ2n) is 10.6. The molecule has 0 amide bonds. The van der Waals surface area contributed by atoms with Crippen LogP contribution in [-0.4, -0.2) is 26.0 Å². The fourth-order valence-corrected chi connectivity index (χ4v) is 8.37. The second kappa shape index (κ2) is 7.22. The Labute approximate surface area is 190 Å². The maximum absolute atomic E-state index is 13.3. The molecule has 0 aromatic heterocycles. The number of fused-ring (bicyclic) bond motifs is 5. The lowest BCUT2D eigenvalue weighted by Crippen LogP contribution is -2.56. The number of hydrogen-bond acceptors (Lipinski definition) is 4. The Hall–Kier alpha value is -2.05. The topological polar surface area (TPSA) is 80.3 Å². The first-order chi connectivity index (χ1) is 15.0. The number of nitrogens with one attached hydrogen (secondary N) is 1. The van der Waals surface area contributed by atoms with E-state index in [-0.39, 0.29) is 33.3 Å². The third-order valence-electron chi connectivity index (χ3n) is 8.94. The zero-order chi connectivity index (χ0) is 22.9. The summed E-state index contributed by atoms with van der Waals surface area (Å²) in [4.78, 5) is 25.3. The van der Waals surface area contributed by atoms with Crippen LogP contribution in [0.2, 0.25) is 0 Å². The Kier molecular flexibility index (Phi) is 4.92. The summed E-state index contributed by atoms with van der Waals surface area (Å²) < 4.78 is 29.5. The first kappa shape index (κ1) is 21.8. The molecule has 3 fully saturated rings. The van der Waals surface area contributed by atoms with Crippen molar-refractivity contribution in [3.63, 3.8) is 0 Å². The first-order valence-corrected chi connectivity index (χ1v) is 13.1. The molecule has 1 aromatic rings. The van der Waals surface area contributed by atoms with Gasteiger partial charge in [0.1, 0.15) is 5.78 Å². The maximum atomic E-state index is 13.3. The fraction of sp³-hybridized carbons (Fsp3) is 0.538. The van der Waals surface area contributed by atoms with Crippen molar-refractivity contribution >= 4 is 21.6 Å². The van der Waals surface area contributed by atoms with Gasteiger partial charge in [0, 0.05) is 23.3 Å². The van der Waals surface area contributed by atoms with Gasteiger partial charge in [-0.3, -0.25) is 9.59 Å². The van der Waals surface area contributed by atoms with Crippen LogP contribution in [0.15, 0.2) is 53.0 Å². The molecule has 1 unspecified atom stereocenters. The predicted molar refractivity (Wildman–Crippen MR) is 122 cm³/mol. The summed E-state index contributed by atoms with van der Waals surface area (Å²) in [5.74, 6) is 1.09. The zero-order valence-electron chi connectivity index (χ0n) is 18.9. The molecule has 6 atom stereocenters. The fourth-order valence-electron chi connectivity index (χ4n) is 7.14. The molecule has 0 saturated heterocycles. The van der Waals surface area contributed by atoms with E-state index in [0.29, 0.717) is 24.5 Å². The Morgan fingerprint density at radius 3 is 2.47 bits per heavy atom. The number of hydrogen-bond donors (Lipinski definition) is 1. The van der Waals surface area contributed by atoms with Gasteiger partial charge in [0.25, 0.3) is 0 Å². The van der Waals surface area contributed by atoms with E-state index in [1.54, 1.807) is 36.4 Å². The molecule has 5 nitrogen and oxygen atoms in total. The largest absolute Gasteiger partial charge is 0.299 e. The second-order valence-corrected chi connectivity index (χ2v) is 12.3. The van der Waals surface area contributed by atoms with Crippen molar-refractivity contribution in [2.75, 3.05) is 0 Å². The van der Waals surface area contributed by atoms with Crippen LogP contribution < -0.4 is 4.72 Å². The van der Waals surface area contributed by atoms with E-state index in [4.69, 9.17) is 0 Å². The van der Waals surface area contributed by atoms with Gasteiger partial charge >= 0.3 is 0 Å². The molecule has 5 rings (SSSR count). The average molecular weight is 454 g/mol. The minimum atomic E-state index is -3.75. The zero-order valence-corrected chi connectivity index (χ0v) is 19.7. The van der Waals surface area contributed by atoms with Crippen LogP contribution in [0.1, 0.15) is 51.5 Å². The SMILES string of the molecule is Cc1ccc(S(=O)(=O)NC2C[C@@H]3[C@H](CC[C@]4(C)C(=O)CC[C@@H]34)[C@@]3(C)C=CC(=O)C=C23)cc1. The number of rotatable bonds is 3. The quantitative estimate of drug-likeness (QED) is 0.746. The van der Waals surface area contributed by atoms with Gasteiger partial charge in [0.15, 0.2) is 5.78 Å². The number of sulfonamides is 1. The van der Waals surface area contributed by atoms with Crippen molar-refractivity contribution < 1.29 is 18.0 Å². The van der Waals surface area contributed by atoms with Crippen LogP contribution in [0.4, 0.5) is 0 Å². The molecule has 4 aliphatic carbocycles. The predicted octanol–water partition coefficient (Wildman–Crippen LogP) is 4.13. The van der Waals surface area contributed by atoms with Crippen molar-refractivity contribution in [2.45, 2.75) is 63.8 Å². The highest BCUT2D eigenvalue weighted by Gasteiger charge is 2.60. The monoisotopic (exact) mass is 453 g/mol. The van der Waals surface area contributed by atoms with Gasteiger partial charge in [-0.25, -0.2) is 13.1 Å². The first-order valence-electron chi connectivity index (χ1n) is 11.6. The number of Topliss-reactive ketones (excluding diaryl/α,β-unsaturated/α-hetero) is 1. The molecule has 32 heavy (non-hydrogen) atoms. The standard InChI is InChI=1S/C26H31NO4S/c1-16-4-6-18(7-5-16)32(30,31)27-23-15-19-20-8-9-24(29)26(20,3)13-11-21(19)25(2)12-10-17(28)14-22(23)25/h4-7,10,12,14,19-21,23,27H,8-9,11,13,15H2,1-3H3/t19-,20-,21-,23?,25+,26-/m0/s1. The van der Waals surface area contributed by atoms with E-state index in [2.05, 4.69) is 18.6 Å². The van der Waals surface area contributed by atoms with Crippen LogP contribution in [0.5, 0.6) is 0 Å². The molecule has 1 N–H and O–H groups in total. The van der Waals surface area contributed by atoms with E-state index in [1.807, 2.05) is 13.0 Å². The van der Waals surface area contributed by atoms with Gasteiger partial charge in [0.05, 0.1) is 4.90 Å². The molecule has 170 valence electrons. The lowest BCUT2D eigenvalue weighted by atomic mass is 9.47. The summed E-state index contributed by atoms with van der Waals surface area (Å²) in [6.07, 6.45) is 9.20. The summed E-state index contributed by atoms with van der Waals surface area (Å²) in [5.41, 5.74) is 1.18. The van der Waals surface area contributed by atoms with Gasteiger partial charge in [0.2, 0.25) is 10.0 Å². The number of allylic oxidation sites excluding steroid dienone is 3. The van der Waals surface area contributed by atoms with Crippen molar-refractivity contribution in [3.05, 3.63) is 53.6 Å². The third-order valence-corrected chi connectivity index (χ3v) is 10.4. The molecule has 6 heteroatoms. The summed E-state index contributed by atoms with van der Waals surface area (Å²) in [6, 6.07) is 6.36. The molecule has 0 spiro atoms. The Bertz CT molecular complexity index is 1150. The molecule has 0 heterocycles.